The lowest BCUT2D eigenvalue weighted by Crippen LogP contribution is -2.41. The molecule has 1 aliphatic heterocycles. The van der Waals surface area contributed by atoms with Gasteiger partial charge in [-0.05, 0) is 61.9 Å². The van der Waals surface area contributed by atoms with Crippen LogP contribution in [0.1, 0.15) is 36.8 Å². The highest BCUT2D eigenvalue weighted by Crippen LogP contribution is 2.22. The number of hydrogen-bond acceptors (Lipinski definition) is 2. The van der Waals surface area contributed by atoms with Crippen molar-refractivity contribution in [2.24, 2.45) is 0 Å². The monoisotopic (exact) mass is 403 g/mol. The molecule has 0 amide bonds. The number of piperidine rings is 1. The SMILES string of the molecule is Br.COc1ccc(CCC2CCCCN2CCc2ccccc2)cc1. The van der Waals surface area contributed by atoms with Gasteiger partial charge in [0.15, 0.2) is 0 Å². The van der Waals surface area contributed by atoms with Crippen molar-refractivity contribution in [3.63, 3.8) is 0 Å². The quantitative estimate of drug-likeness (QED) is 0.621. The third-order valence-corrected chi connectivity index (χ3v) is 5.20. The standard InChI is InChI=1S/C22H29NO.BrH/c1-24-22-14-11-20(12-15-22)10-13-21-9-5-6-17-23(21)18-16-19-7-3-2-4-8-19;/h2-4,7-8,11-12,14-15,21H,5-6,9-10,13,16-18H2,1H3;1H. The van der Waals surface area contributed by atoms with Crippen LogP contribution in [0.3, 0.4) is 0 Å². The van der Waals surface area contributed by atoms with Gasteiger partial charge in [-0.2, -0.15) is 0 Å². The molecule has 3 heteroatoms. The average Bonchev–Trinajstić information content (AvgIpc) is 2.66. The lowest BCUT2D eigenvalue weighted by molar-refractivity contribution is 0.142. The molecule has 25 heavy (non-hydrogen) atoms. The lowest BCUT2D eigenvalue weighted by atomic mass is 9.95. The molecule has 1 fully saturated rings. The minimum atomic E-state index is 0. The second kappa shape index (κ2) is 10.6. The molecule has 3 rings (SSSR count). The maximum Gasteiger partial charge on any atom is 0.118 e. The molecule has 1 atom stereocenters. The Morgan fingerprint density at radius 2 is 1.64 bits per heavy atom. The highest BCUT2D eigenvalue weighted by molar-refractivity contribution is 8.93. The third-order valence-electron chi connectivity index (χ3n) is 5.20. The Hall–Kier alpha value is -1.32. The van der Waals surface area contributed by atoms with Crippen molar-refractivity contribution >= 4 is 17.0 Å². The Bertz CT molecular complexity index is 599. The maximum absolute atomic E-state index is 5.25. The summed E-state index contributed by atoms with van der Waals surface area (Å²) in [7, 11) is 1.72. The Morgan fingerprint density at radius 3 is 2.36 bits per heavy atom. The summed E-state index contributed by atoms with van der Waals surface area (Å²) in [5, 5.41) is 0. The molecule has 0 saturated carbocycles. The number of rotatable bonds is 7. The van der Waals surface area contributed by atoms with E-state index < -0.39 is 0 Å². The molecule has 2 aromatic rings. The fourth-order valence-corrected chi connectivity index (χ4v) is 3.72. The molecule has 1 saturated heterocycles. The first-order valence-electron chi connectivity index (χ1n) is 9.26. The van der Waals surface area contributed by atoms with Crippen LogP contribution in [0.25, 0.3) is 0 Å². The molecule has 1 aliphatic rings. The van der Waals surface area contributed by atoms with E-state index in [4.69, 9.17) is 4.74 Å². The van der Waals surface area contributed by atoms with Crippen molar-refractivity contribution in [3.8, 4) is 5.75 Å². The number of ether oxygens (including phenoxy) is 1. The van der Waals surface area contributed by atoms with Gasteiger partial charge in [0.2, 0.25) is 0 Å². The molecule has 0 bridgehead atoms. The fraction of sp³-hybridized carbons (Fsp3) is 0.455. The number of halogens is 1. The van der Waals surface area contributed by atoms with Gasteiger partial charge < -0.3 is 9.64 Å². The number of nitrogens with zero attached hydrogens (tertiary/aromatic N) is 1. The zero-order valence-electron chi connectivity index (χ0n) is 15.2. The number of aryl methyl sites for hydroxylation is 1. The van der Waals surface area contributed by atoms with Gasteiger partial charge in [-0.25, -0.2) is 0 Å². The van der Waals surface area contributed by atoms with Crippen LogP contribution < -0.4 is 4.74 Å². The van der Waals surface area contributed by atoms with Gasteiger partial charge in [0.1, 0.15) is 5.75 Å². The van der Waals surface area contributed by atoms with E-state index in [1.54, 1.807) is 7.11 Å². The molecule has 0 aliphatic carbocycles. The summed E-state index contributed by atoms with van der Waals surface area (Å²) < 4.78 is 5.25. The molecule has 1 unspecified atom stereocenters. The van der Waals surface area contributed by atoms with Gasteiger partial charge in [0.25, 0.3) is 0 Å². The fourth-order valence-electron chi connectivity index (χ4n) is 3.72. The smallest absolute Gasteiger partial charge is 0.118 e. The minimum absolute atomic E-state index is 0. The summed E-state index contributed by atoms with van der Waals surface area (Å²) in [6.45, 7) is 2.46. The molecular weight excluding hydrogens is 374 g/mol. The molecule has 136 valence electrons. The number of likely N-dealkylation sites (tertiary alicyclic amines) is 1. The summed E-state index contributed by atoms with van der Waals surface area (Å²) in [4.78, 5) is 2.72. The van der Waals surface area contributed by atoms with Crippen LogP contribution in [0.2, 0.25) is 0 Å². The normalized spacial score (nSPS) is 17.7. The maximum atomic E-state index is 5.25. The topological polar surface area (TPSA) is 12.5 Å². The van der Waals surface area contributed by atoms with Crippen LogP contribution in [0.5, 0.6) is 5.75 Å². The summed E-state index contributed by atoms with van der Waals surface area (Å²) >= 11 is 0. The molecule has 0 aromatic heterocycles. The van der Waals surface area contributed by atoms with E-state index in [0.717, 1.165) is 18.2 Å². The van der Waals surface area contributed by atoms with Crippen molar-refractivity contribution in [2.45, 2.75) is 44.6 Å². The van der Waals surface area contributed by atoms with Crippen LogP contribution in [0.4, 0.5) is 0 Å². The Morgan fingerprint density at radius 1 is 0.920 bits per heavy atom. The first kappa shape index (κ1) is 20.0. The van der Waals surface area contributed by atoms with Crippen molar-refractivity contribution in [2.75, 3.05) is 20.2 Å². The number of benzene rings is 2. The van der Waals surface area contributed by atoms with Gasteiger partial charge in [0.05, 0.1) is 7.11 Å². The molecule has 2 aromatic carbocycles. The highest BCUT2D eigenvalue weighted by atomic mass is 79.9. The first-order valence-corrected chi connectivity index (χ1v) is 9.26. The summed E-state index contributed by atoms with van der Waals surface area (Å²) in [5.41, 5.74) is 2.88. The van der Waals surface area contributed by atoms with E-state index in [-0.39, 0.29) is 17.0 Å². The zero-order valence-corrected chi connectivity index (χ0v) is 16.9. The van der Waals surface area contributed by atoms with Gasteiger partial charge >= 0.3 is 0 Å². The van der Waals surface area contributed by atoms with E-state index >= 15 is 0 Å². The molecule has 0 spiro atoms. The van der Waals surface area contributed by atoms with Crippen molar-refractivity contribution in [1.29, 1.82) is 0 Å². The Kier molecular flexibility index (Phi) is 8.50. The van der Waals surface area contributed by atoms with E-state index in [0.29, 0.717) is 0 Å². The van der Waals surface area contributed by atoms with Gasteiger partial charge in [-0.1, -0.05) is 48.9 Å². The van der Waals surface area contributed by atoms with Gasteiger partial charge in [-0.3, -0.25) is 0 Å². The van der Waals surface area contributed by atoms with Crippen LogP contribution in [-0.4, -0.2) is 31.1 Å². The predicted molar refractivity (Wildman–Crippen MR) is 111 cm³/mol. The average molecular weight is 404 g/mol. The third kappa shape index (κ3) is 6.16. The van der Waals surface area contributed by atoms with Crippen molar-refractivity contribution in [3.05, 3.63) is 65.7 Å². The molecular formula is C22H30BrNO. The van der Waals surface area contributed by atoms with E-state index in [1.165, 1.54) is 56.3 Å². The second-order valence-corrected chi connectivity index (χ2v) is 6.81. The van der Waals surface area contributed by atoms with E-state index in [1.807, 2.05) is 0 Å². The first-order chi connectivity index (χ1) is 11.8. The van der Waals surface area contributed by atoms with Crippen LogP contribution >= 0.6 is 17.0 Å². The predicted octanol–water partition coefficient (Wildman–Crippen LogP) is 5.30. The van der Waals surface area contributed by atoms with Gasteiger partial charge in [0, 0.05) is 12.6 Å². The van der Waals surface area contributed by atoms with Crippen molar-refractivity contribution < 1.29 is 4.74 Å². The molecule has 2 nitrogen and oxygen atoms in total. The van der Waals surface area contributed by atoms with Gasteiger partial charge in [-0.15, -0.1) is 17.0 Å². The van der Waals surface area contributed by atoms with Crippen LogP contribution in [0, 0.1) is 0 Å². The minimum Gasteiger partial charge on any atom is -0.497 e. The molecule has 0 N–H and O–H groups in total. The molecule has 0 radical (unpaired) electrons. The second-order valence-electron chi connectivity index (χ2n) is 6.81. The van der Waals surface area contributed by atoms with E-state index in [2.05, 4.69) is 59.5 Å². The number of hydrogen-bond donors (Lipinski definition) is 0. The highest BCUT2D eigenvalue weighted by Gasteiger charge is 2.21. The Balaban J connectivity index is 0.00000225. The lowest BCUT2D eigenvalue weighted by Gasteiger charge is -2.36. The van der Waals surface area contributed by atoms with Crippen LogP contribution in [0.15, 0.2) is 54.6 Å². The van der Waals surface area contributed by atoms with E-state index in [9.17, 15) is 0 Å². The molecule has 1 heterocycles. The van der Waals surface area contributed by atoms with Crippen LogP contribution in [-0.2, 0) is 12.8 Å². The zero-order chi connectivity index (χ0) is 16.6. The summed E-state index contributed by atoms with van der Waals surface area (Å²) in [5.74, 6) is 0.945. The van der Waals surface area contributed by atoms with Crippen molar-refractivity contribution in [1.82, 2.24) is 4.90 Å². The number of methoxy groups -OCH3 is 1. The largest absolute Gasteiger partial charge is 0.497 e. The summed E-state index contributed by atoms with van der Waals surface area (Å²) in [6, 6.07) is 20.2. The Labute approximate surface area is 163 Å². The summed E-state index contributed by atoms with van der Waals surface area (Å²) in [6.07, 6.45) is 7.69.